The number of hydrogen-bond donors (Lipinski definition) is 0. The molecule has 2 aromatic heterocycles. The minimum atomic E-state index is -0.494. The number of nitrogens with zero attached hydrogens (tertiary/aromatic N) is 3. The van der Waals surface area contributed by atoms with Crippen molar-refractivity contribution in [1.29, 1.82) is 0 Å². The standard InChI is InChI=1S/C12H15BClN3O2/c1-11(2)12(3,4)19-13(18-11)8-7-15-10-6-5-9(14)16-17(8)10/h5-7H,1-4H3. The predicted molar refractivity (Wildman–Crippen MR) is 73.7 cm³/mol. The lowest BCUT2D eigenvalue weighted by atomic mass is 9.85. The summed E-state index contributed by atoms with van der Waals surface area (Å²) < 4.78 is 13.6. The Morgan fingerprint density at radius 2 is 1.79 bits per heavy atom. The van der Waals surface area contributed by atoms with Gasteiger partial charge in [-0.2, -0.15) is 5.10 Å². The molecule has 0 unspecified atom stereocenters. The number of rotatable bonds is 1. The maximum atomic E-state index is 5.99. The van der Waals surface area contributed by atoms with Gasteiger partial charge < -0.3 is 9.31 Å². The third kappa shape index (κ3) is 1.95. The average Bonchev–Trinajstić information content (AvgIpc) is 2.77. The fourth-order valence-electron chi connectivity index (χ4n) is 1.99. The molecule has 0 N–H and O–H groups in total. The highest BCUT2D eigenvalue weighted by atomic mass is 35.5. The zero-order chi connectivity index (χ0) is 13.8. The first-order valence-corrected chi connectivity index (χ1v) is 6.54. The Hall–Kier alpha value is -1.11. The summed E-state index contributed by atoms with van der Waals surface area (Å²) in [6, 6.07) is 3.52. The highest BCUT2D eigenvalue weighted by Gasteiger charge is 2.52. The Bertz CT molecular complexity index is 625. The van der Waals surface area contributed by atoms with Crippen molar-refractivity contribution in [2.75, 3.05) is 0 Å². The first kappa shape index (κ1) is 12.9. The quantitative estimate of drug-likeness (QED) is 0.745. The van der Waals surface area contributed by atoms with Gasteiger partial charge in [0.05, 0.1) is 16.8 Å². The van der Waals surface area contributed by atoms with Gasteiger partial charge in [0, 0.05) is 6.20 Å². The van der Waals surface area contributed by atoms with Crippen LogP contribution < -0.4 is 5.59 Å². The fraction of sp³-hybridized carbons (Fsp3) is 0.500. The molecule has 2 aromatic rings. The number of fused-ring (bicyclic) bond motifs is 1. The molecule has 1 saturated heterocycles. The van der Waals surface area contributed by atoms with Crippen LogP contribution >= 0.6 is 11.6 Å². The molecule has 19 heavy (non-hydrogen) atoms. The van der Waals surface area contributed by atoms with E-state index in [1.54, 1.807) is 16.8 Å². The second kappa shape index (κ2) is 3.94. The van der Waals surface area contributed by atoms with Crippen LogP contribution in [0.5, 0.6) is 0 Å². The lowest BCUT2D eigenvalue weighted by molar-refractivity contribution is 0.00578. The summed E-state index contributed by atoms with van der Waals surface area (Å²) in [5.41, 5.74) is 0.686. The maximum absolute atomic E-state index is 5.99. The summed E-state index contributed by atoms with van der Waals surface area (Å²) in [6.07, 6.45) is 1.71. The highest BCUT2D eigenvalue weighted by molar-refractivity contribution is 6.61. The van der Waals surface area contributed by atoms with Crippen LogP contribution in [0, 0.1) is 0 Å². The molecule has 0 saturated carbocycles. The molecule has 3 heterocycles. The Balaban J connectivity index is 2.05. The smallest absolute Gasteiger partial charge is 0.398 e. The molecule has 100 valence electrons. The number of halogens is 1. The van der Waals surface area contributed by atoms with Crippen LogP contribution in [0.3, 0.4) is 0 Å². The summed E-state index contributed by atoms with van der Waals surface area (Å²) in [5.74, 6) is 0. The molecule has 0 spiro atoms. The van der Waals surface area contributed by atoms with Gasteiger partial charge in [0.15, 0.2) is 5.65 Å². The predicted octanol–water partition coefficient (Wildman–Crippen LogP) is 1.68. The van der Waals surface area contributed by atoms with Crippen molar-refractivity contribution in [3.05, 3.63) is 23.5 Å². The van der Waals surface area contributed by atoms with Crippen LogP contribution in [0.15, 0.2) is 18.3 Å². The van der Waals surface area contributed by atoms with Gasteiger partial charge in [0.25, 0.3) is 0 Å². The van der Waals surface area contributed by atoms with Gasteiger partial charge in [0.1, 0.15) is 5.15 Å². The molecule has 1 fully saturated rings. The Kier molecular flexibility index (Phi) is 2.68. The largest absolute Gasteiger partial charge is 0.516 e. The second-order valence-electron chi connectivity index (χ2n) is 5.70. The summed E-state index contributed by atoms with van der Waals surface area (Å²) >= 11 is 5.92. The topological polar surface area (TPSA) is 48.7 Å². The summed E-state index contributed by atoms with van der Waals surface area (Å²) in [6.45, 7) is 8.04. The molecule has 5 nitrogen and oxygen atoms in total. The van der Waals surface area contributed by atoms with Crippen LogP contribution in [0.25, 0.3) is 5.65 Å². The van der Waals surface area contributed by atoms with E-state index in [0.717, 1.165) is 5.59 Å². The normalized spacial score (nSPS) is 21.2. The van der Waals surface area contributed by atoms with Crippen molar-refractivity contribution in [2.24, 2.45) is 0 Å². The van der Waals surface area contributed by atoms with E-state index in [4.69, 9.17) is 20.9 Å². The van der Waals surface area contributed by atoms with E-state index in [0.29, 0.717) is 10.8 Å². The molecular weight excluding hydrogens is 264 g/mol. The molecule has 7 heteroatoms. The van der Waals surface area contributed by atoms with E-state index in [1.165, 1.54) is 0 Å². The van der Waals surface area contributed by atoms with E-state index in [-0.39, 0.29) is 11.2 Å². The molecule has 0 atom stereocenters. The van der Waals surface area contributed by atoms with Gasteiger partial charge in [-0.05, 0) is 39.8 Å². The fourth-order valence-corrected chi connectivity index (χ4v) is 2.13. The Morgan fingerprint density at radius 3 is 2.42 bits per heavy atom. The third-order valence-corrected chi connectivity index (χ3v) is 4.05. The van der Waals surface area contributed by atoms with E-state index < -0.39 is 7.12 Å². The van der Waals surface area contributed by atoms with Crippen LogP contribution in [-0.2, 0) is 9.31 Å². The molecule has 0 aliphatic carbocycles. The van der Waals surface area contributed by atoms with Gasteiger partial charge in [-0.1, -0.05) is 11.6 Å². The first-order chi connectivity index (χ1) is 8.80. The Labute approximate surface area is 117 Å². The van der Waals surface area contributed by atoms with Crippen LogP contribution in [0.2, 0.25) is 5.15 Å². The minimum absolute atomic E-state index is 0.388. The lowest BCUT2D eigenvalue weighted by Gasteiger charge is -2.32. The van der Waals surface area contributed by atoms with Gasteiger partial charge in [0.2, 0.25) is 0 Å². The van der Waals surface area contributed by atoms with Crippen molar-refractivity contribution in [1.82, 2.24) is 14.6 Å². The first-order valence-electron chi connectivity index (χ1n) is 6.16. The monoisotopic (exact) mass is 279 g/mol. The van der Waals surface area contributed by atoms with Crippen molar-refractivity contribution < 1.29 is 9.31 Å². The molecule has 0 amide bonds. The molecular formula is C12H15BClN3O2. The minimum Gasteiger partial charge on any atom is -0.398 e. The zero-order valence-corrected chi connectivity index (χ0v) is 12.1. The number of hydrogen-bond acceptors (Lipinski definition) is 4. The zero-order valence-electron chi connectivity index (χ0n) is 11.3. The van der Waals surface area contributed by atoms with E-state index in [1.807, 2.05) is 33.8 Å². The van der Waals surface area contributed by atoms with Gasteiger partial charge in [-0.25, -0.2) is 9.50 Å². The summed E-state index contributed by atoms with van der Waals surface area (Å²) in [5, 5.41) is 4.64. The number of imidazole rings is 1. The molecule has 3 rings (SSSR count). The molecule has 1 aliphatic rings. The van der Waals surface area contributed by atoms with E-state index in [9.17, 15) is 0 Å². The summed E-state index contributed by atoms with van der Waals surface area (Å²) in [4.78, 5) is 4.28. The third-order valence-electron chi connectivity index (χ3n) is 3.85. The van der Waals surface area contributed by atoms with Crippen molar-refractivity contribution in [2.45, 2.75) is 38.9 Å². The van der Waals surface area contributed by atoms with Crippen LogP contribution in [-0.4, -0.2) is 32.9 Å². The Morgan fingerprint density at radius 1 is 1.16 bits per heavy atom. The van der Waals surface area contributed by atoms with Crippen LogP contribution in [0.4, 0.5) is 0 Å². The molecule has 0 bridgehead atoms. The van der Waals surface area contributed by atoms with Gasteiger partial charge in [-0.15, -0.1) is 0 Å². The van der Waals surface area contributed by atoms with E-state index >= 15 is 0 Å². The second-order valence-corrected chi connectivity index (χ2v) is 6.08. The highest BCUT2D eigenvalue weighted by Crippen LogP contribution is 2.36. The number of aromatic nitrogens is 3. The van der Waals surface area contributed by atoms with Crippen LogP contribution in [0.1, 0.15) is 27.7 Å². The SMILES string of the molecule is CC1(C)OB(c2cnc3ccc(Cl)nn23)OC1(C)C. The average molecular weight is 280 g/mol. The summed E-state index contributed by atoms with van der Waals surface area (Å²) in [7, 11) is -0.494. The van der Waals surface area contributed by atoms with Crippen molar-refractivity contribution >= 4 is 30.0 Å². The van der Waals surface area contributed by atoms with Gasteiger partial charge >= 0.3 is 7.12 Å². The lowest BCUT2D eigenvalue weighted by Crippen LogP contribution is -2.41. The maximum Gasteiger partial charge on any atom is 0.516 e. The van der Waals surface area contributed by atoms with Crippen molar-refractivity contribution in [3.8, 4) is 0 Å². The van der Waals surface area contributed by atoms with E-state index in [2.05, 4.69) is 10.1 Å². The molecule has 1 aliphatic heterocycles. The molecule has 0 radical (unpaired) electrons. The molecule has 0 aromatic carbocycles. The van der Waals surface area contributed by atoms with Crippen molar-refractivity contribution in [3.63, 3.8) is 0 Å². The van der Waals surface area contributed by atoms with Gasteiger partial charge in [-0.3, -0.25) is 0 Å².